The third-order valence-electron chi connectivity index (χ3n) is 5.47. The smallest absolute Gasteiger partial charge is 0.449 e. The molecule has 0 spiro atoms. The van der Waals surface area contributed by atoms with Gasteiger partial charge in [0.2, 0.25) is 17.4 Å². The fourth-order valence-corrected chi connectivity index (χ4v) is 3.88. The van der Waals surface area contributed by atoms with E-state index in [2.05, 4.69) is 11.3 Å². The average Bonchev–Trinajstić information content (AvgIpc) is 3.16. The van der Waals surface area contributed by atoms with Gasteiger partial charge in [0.1, 0.15) is 11.3 Å². The number of hydrogen-bond donors (Lipinski definition) is 2. The molecule has 0 saturated carbocycles. The Balaban J connectivity index is 2.28. The molecule has 3 rings (SSSR count). The summed E-state index contributed by atoms with van der Waals surface area (Å²) >= 11 is 0. The van der Waals surface area contributed by atoms with Crippen molar-refractivity contribution < 1.29 is 32.6 Å². The molecule has 0 aromatic heterocycles. The molecule has 0 radical (unpaired) electrons. The Morgan fingerprint density at radius 2 is 2.10 bits per heavy atom. The molecular weight excluding hydrogens is 391 g/mol. The van der Waals surface area contributed by atoms with Crippen LogP contribution in [0.15, 0.2) is 24.7 Å². The van der Waals surface area contributed by atoms with Crippen LogP contribution in [-0.4, -0.2) is 43.2 Å². The number of carbonyl (C=O) groups excluding carboxylic acids is 1. The van der Waals surface area contributed by atoms with Gasteiger partial charge >= 0.3 is 6.16 Å². The predicted octanol–water partition coefficient (Wildman–Crippen LogP) is 3.09. The minimum Gasteiger partial charge on any atom is -0.449 e. The SMILES string of the molecule is C=C[N+]1(CC)C=C(OC(=O)O)C(=O)c2c(F)c(F)c(N3CCC(CN)C3)c(F)c21. The number of allylic oxidation sites excluding steroid dienone is 1. The van der Waals surface area contributed by atoms with E-state index in [1.165, 1.54) is 11.1 Å². The summed E-state index contributed by atoms with van der Waals surface area (Å²) in [4.78, 5) is 24.9. The number of fused-ring (bicyclic) bond motifs is 1. The van der Waals surface area contributed by atoms with Crippen LogP contribution in [0.3, 0.4) is 0 Å². The number of ether oxygens (including phenoxy) is 1. The number of Topliss-reactive ketones (excluding diaryl/α,β-unsaturated/α-hetero) is 1. The van der Waals surface area contributed by atoms with E-state index in [1.54, 1.807) is 6.92 Å². The van der Waals surface area contributed by atoms with Crippen LogP contribution in [0.1, 0.15) is 23.7 Å². The highest BCUT2D eigenvalue weighted by Gasteiger charge is 2.47. The van der Waals surface area contributed by atoms with E-state index in [4.69, 9.17) is 10.8 Å². The van der Waals surface area contributed by atoms with Gasteiger partial charge in [0, 0.05) is 13.1 Å². The lowest BCUT2D eigenvalue weighted by Crippen LogP contribution is -2.44. The molecule has 10 heteroatoms. The van der Waals surface area contributed by atoms with E-state index in [9.17, 15) is 14.0 Å². The standard InChI is InChI=1S/C19H20F3N3O4/c1-3-25(4-2)9-11(29-19(27)28)18(26)12-13(20)14(21)16(15(22)17(12)25)24-6-5-10(7-23)8-24/h3,9-10H,1,4-8,23H2,2H3/p+1. The number of nitrogens with two attached hydrogens (primary N) is 1. The Bertz CT molecular complexity index is 934. The summed E-state index contributed by atoms with van der Waals surface area (Å²) in [5, 5.41) is 8.85. The number of halogens is 3. The largest absolute Gasteiger partial charge is 0.511 e. The second kappa shape index (κ2) is 7.53. The molecule has 29 heavy (non-hydrogen) atoms. The maximum Gasteiger partial charge on any atom is 0.511 e. The lowest BCUT2D eigenvalue weighted by Gasteiger charge is -2.35. The van der Waals surface area contributed by atoms with Crippen LogP contribution in [0, 0.1) is 23.4 Å². The van der Waals surface area contributed by atoms with Crippen molar-refractivity contribution in [2.75, 3.05) is 31.1 Å². The van der Waals surface area contributed by atoms with Crippen molar-refractivity contribution in [1.82, 2.24) is 4.48 Å². The molecule has 1 saturated heterocycles. The monoisotopic (exact) mass is 412 g/mol. The topological polar surface area (TPSA) is 92.9 Å². The highest BCUT2D eigenvalue weighted by atomic mass is 19.2. The van der Waals surface area contributed by atoms with Crippen molar-refractivity contribution in [3.63, 3.8) is 0 Å². The summed E-state index contributed by atoms with van der Waals surface area (Å²) < 4.78 is 49.4. The number of benzene rings is 1. The minimum atomic E-state index is -1.81. The highest BCUT2D eigenvalue weighted by molar-refractivity contribution is 6.14. The molecular formula is C19H21F3N3O4+. The zero-order valence-electron chi connectivity index (χ0n) is 15.8. The van der Waals surface area contributed by atoms with E-state index < -0.39 is 56.6 Å². The first-order valence-electron chi connectivity index (χ1n) is 9.06. The molecule has 0 amide bonds. The first-order valence-corrected chi connectivity index (χ1v) is 9.06. The molecule has 2 unspecified atom stereocenters. The summed E-state index contributed by atoms with van der Waals surface area (Å²) in [7, 11) is 0. The molecule has 2 aliphatic heterocycles. The summed E-state index contributed by atoms with van der Waals surface area (Å²) in [5.41, 5.74) is 3.72. The molecule has 1 aromatic carbocycles. The number of carboxylic acid groups (broad SMARTS) is 1. The van der Waals surface area contributed by atoms with Crippen LogP contribution in [0.25, 0.3) is 0 Å². The van der Waals surface area contributed by atoms with Crippen LogP contribution in [-0.2, 0) is 4.74 Å². The normalized spacial score (nSPS) is 23.6. The summed E-state index contributed by atoms with van der Waals surface area (Å²) in [6, 6.07) is 0. The van der Waals surface area contributed by atoms with Gasteiger partial charge in [0.05, 0.1) is 12.7 Å². The molecule has 2 heterocycles. The molecule has 2 atom stereocenters. The Labute approximate surface area is 165 Å². The Kier molecular flexibility index (Phi) is 5.42. The van der Waals surface area contributed by atoms with Crippen LogP contribution in [0.5, 0.6) is 0 Å². The van der Waals surface area contributed by atoms with E-state index in [-0.39, 0.29) is 25.6 Å². The van der Waals surface area contributed by atoms with Gasteiger partial charge < -0.3 is 20.5 Å². The summed E-state index contributed by atoms with van der Waals surface area (Å²) in [6.07, 6.45) is 1.02. The Morgan fingerprint density at radius 1 is 1.41 bits per heavy atom. The number of nitrogens with zero attached hydrogens (tertiary/aromatic N) is 2. The van der Waals surface area contributed by atoms with Crippen molar-refractivity contribution in [2.45, 2.75) is 13.3 Å². The maximum atomic E-state index is 15.6. The zero-order valence-corrected chi connectivity index (χ0v) is 15.8. The Hall–Kier alpha value is -2.85. The first-order chi connectivity index (χ1) is 13.7. The van der Waals surface area contributed by atoms with Gasteiger partial charge in [-0.3, -0.25) is 4.79 Å². The maximum absolute atomic E-state index is 15.6. The van der Waals surface area contributed by atoms with E-state index >= 15 is 8.78 Å². The van der Waals surface area contributed by atoms with Gasteiger partial charge in [-0.2, -0.15) is 4.39 Å². The van der Waals surface area contributed by atoms with Crippen LogP contribution < -0.4 is 15.1 Å². The molecule has 2 aliphatic rings. The number of quaternary nitrogens is 1. The fraction of sp³-hybridized carbons (Fsp3) is 0.368. The lowest BCUT2D eigenvalue weighted by atomic mass is 9.97. The second-order valence-corrected chi connectivity index (χ2v) is 6.97. The number of rotatable bonds is 5. The van der Waals surface area contributed by atoms with Crippen molar-refractivity contribution in [3.8, 4) is 0 Å². The van der Waals surface area contributed by atoms with Crippen molar-refractivity contribution in [3.05, 3.63) is 47.8 Å². The molecule has 156 valence electrons. The zero-order chi connectivity index (χ0) is 21.5. The van der Waals surface area contributed by atoms with Crippen LogP contribution >= 0.6 is 0 Å². The molecule has 7 nitrogen and oxygen atoms in total. The number of carbonyl (C=O) groups is 2. The third kappa shape index (κ3) is 3.18. The van der Waals surface area contributed by atoms with Gasteiger partial charge in [-0.05, 0) is 32.4 Å². The number of hydrogen-bond acceptors (Lipinski definition) is 5. The fourth-order valence-electron chi connectivity index (χ4n) is 3.88. The van der Waals surface area contributed by atoms with Gasteiger partial charge in [-0.25, -0.2) is 18.1 Å². The Morgan fingerprint density at radius 3 is 2.62 bits per heavy atom. The quantitative estimate of drug-likeness (QED) is 0.439. The van der Waals surface area contributed by atoms with Gasteiger partial charge in [-0.15, -0.1) is 0 Å². The van der Waals surface area contributed by atoms with Crippen LogP contribution in [0.4, 0.5) is 29.3 Å². The first kappa shape index (κ1) is 20.9. The van der Waals surface area contributed by atoms with Crippen LogP contribution in [0.2, 0.25) is 0 Å². The third-order valence-corrected chi connectivity index (χ3v) is 5.47. The lowest BCUT2D eigenvalue weighted by molar-refractivity contribution is 0.0843. The van der Waals surface area contributed by atoms with Crippen molar-refractivity contribution in [1.29, 1.82) is 0 Å². The van der Waals surface area contributed by atoms with Crippen molar-refractivity contribution in [2.24, 2.45) is 11.7 Å². The van der Waals surface area contributed by atoms with Gasteiger partial charge in [-0.1, -0.05) is 0 Å². The number of ketones is 1. The summed E-state index contributed by atoms with van der Waals surface area (Å²) in [5.74, 6) is -6.17. The molecule has 3 N–H and O–H groups in total. The molecule has 0 bridgehead atoms. The van der Waals surface area contributed by atoms with Gasteiger partial charge in [0.15, 0.2) is 23.5 Å². The minimum absolute atomic E-state index is 0.00909. The van der Waals surface area contributed by atoms with Crippen molar-refractivity contribution >= 4 is 23.3 Å². The van der Waals surface area contributed by atoms with E-state index in [0.29, 0.717) is 13.0 Å². The molecule has 1 aromatic rings. The average molecular weight is 412 g/mol. The highest BCUT2D eigenvalue weighted by Crippen LogP contribution is 2.45. The second-order valence-electron chi connectivity index (χ2n) is 6.97. The molecule has 0 aliphatic carbocycles. The van der Waals surface area contributed by atoms with Gasteiger partial charge in [0.25, 0.3) is 0 Å². The van der Waals surface area contributed by atoms with E-state index in [0.717, 1.165) is 6.20 Å². The number of anilines is 1. The summed E-state index contributed by atoms with van der Waals surface area (Å²) in [6.45, 7) is 6.11. The predicted molar refractivity (Wildman–Crippen MR) is 99.7 cm³/mol. The molecule has 1 fully saturated rings. The van der Waals surface area contributed by atoms with E-state index in [1.807, 2.05) is 0 Å².